The number of aromatic nitrogens is 1. The van der Waals surface area contributed by atoms with Crippen molar-refractivity contribution in [2.45, 2.75) is 4.21 Å². The molecule has 0 saturated heterocycles. The predicted molar refractivity (Wildman–Crippen MR) is 60.8 cm³/mol. The van der Waals surface area contributed by atoms with Gasteiger partial charge in [0.2, 0.25) is 0 Å². The van der Waals surface area contributed by atoms with Gasteiger partial charge in [-0.1, -0.05) is 0 Å². The molecule has 0 saturated carbocycles. The van der Waals surface area contributed by atoms with Crippen molar-refractivity contribution in [3.8, 4) is 0 Å². The third kappa shape index (κ3) is 3.00. The van der Waals surface area contributed by atoms with Crippen LogP contribution < -0.4 is 0 Å². The molecule has 0 bridgehead atoms. The molecule has 0 unspecified atom stereocenters. The van der Waals surface area contributed by atoms with Gasteiger partial charge in [-0.15, -0.1) is 11.3 Å². The summed E-state index contributed by atoms with van der Waals surface area (Å²) in [7, 11) is -1.00. The number of carbonyl (C=O) groups is 1. The molecule has 1 rings (SSSR count). The Balaban J connectivity index is 3.04. The number of hydrogen-bond donors (Lipinski definition) is 1. The van der Waals surface area contributed by atoms with Crippen LogP contribution in [0.2, 0.25) is 0 Å². The molecule has 9 heteroatoms. The topological polar surface area (TPSA) is 96.8 Å². The van der Waals surface area contributed by atoms with E-state index in [1.54, 1.807) is 0 Å². The SMILES string of the molecule is COCCN(C)S(=O)(=O)c1scnc1C(=O)O. The Bertz CT molecular complexity index is 496. The average Bonchev–Trinajstić information content (AvgIpc) is 2.75. The van der Waals surface area contributed by atoms with Gasteiger partial charge in [-0.3, -0.25) is 0 Å². The fraction of sp³-hybridized carbons (Fsp3) is 0.500. The zero-order valence-corrected chi connectivity index (χ0v) is 10.9. The van der Waals surface area contributed by atoms with E-state index in [4.69, 9.17) is 9.84 Å². The summed E-state index contributed by atoms with van der Waals surface area (Å²) in [4.78, 5) is 14.3. The highest BCUT2D eigenvalue weighted by molar-refractivity contribution is 7.91. The molecular weight excluding hydrogens is 268 g/mol. The highest BCUT2D eigenvalue weighted by Gasteiger charge is 2.29. The quantitative estimate of drug-likeness (QED) is 0.794. The number of methoxy groups -OCH3 is 1. The fourth-order valence-corrected chi connectivity index (χ4v) is 3.53. The van der Waals surface area contributed by atoms with Crippen LogP contribution >= 0.6 is 11.3 Å². The summed E-state index contributed by atoms with van der Waals surface area (Å²) in [5.74, 6) is -1.36. The molecule has 0 spiro atoms. The van der Waals surface area contributed by atoms with E-state index < -0.39 is 21.7 Å². The molecule has 0 aliphatic carbocycles. The summed E-state index contributed by atoms with van der Waals surface area (Å²) in [6, 6.07) is 0. The molecule has 1 N–H and O–H groups in total. The average molecular weight is 280 g/mol. The van der Waals surface area contributed by atoms with E-state index in [1.807, 2.05) is 0 Å². The van der Waals surface area contributed by atoms with Crippen molar-refractivity contribution >= 4 is 27.3 Å². The molecule has 17 heavy (non-hydrogen) atoms. The molecule has 7 nitrogen and oxygen atoms in total. The first-order chi connectivity index (χ1) is 7.91. The summed E-state index contributed by atoms with van der Waals surface area (Å²) in [5.41, 5.74) is 0.750. The Morgan fingerprint density at radius 3 is 2.82 bits per heavy atom. The third-order valence-corrected chi connectivity index (χ3v) is 5.20. The van der Waals surface area contributed by atoms with Gasteiger partial charge in [-0.2, -0.15) is 4.31 Å². The zero-order valence-electron chi connectivity index (χ0n) is 9.28. The smallest absolute Gasteiger partial charge is 0.356 e. The van der Waals surface area contributed by atoms with Crippen LogP contribution in [0.25, 0.3) is 0 Å². The lowest BCUT2D eigenvalue weighted by atomic mass is 10.5. The highest BCUT2D eigenvalue weighted by atomic mass is 32.2. The minimum atomic E-state index is -3.82. The van der Waals surface area contributed by atoms with Gasteiger partial charge in [-0.25, -0.2) is 18.2 Å². The largest absolute Gasteiger partial charge is 0.476 e. The summed E-state index contributed by atoms with van der Waals surface area (Å²) < 4.78 is 29.5. The van der Waals surface area contributed by atoms with Crippen molar-refractivity contribution in [2.75, 3.05) is 27.3 Å². The van der Waals surface area contributed by atoms with E-state index in [1.165, 1.54) is 19.7 Å². The second-order valence-electron chi connectivity index (χ2n) is 3.11. The Morgan fingerprint density at radius 2 is 2.29 bits per heavy atom. The van der Waals surface area contributed by atoms with Crippen molar-refractivity contribution in [3.63, 3.8) is 0 Å². The van der Waals surface area contributed by atoms with Crippen molar-refractivity contribution in [1.82, 2.24) is 9.29 Å². The van der Waals surface area contributed by atoms with E-state index in [2.05, 4.69) is 4.98 Å². The van der Waals surface area contributed by atoms with Gasteiger partial charge in [0.05, 0.1) is 12.1 Å². The molecule has 0 radical (unpaired) electrons. The van der Waals surface area contributed by atoms with Gasteiger partial charge >= 0.3 is 5.97 Å². The van der Waals surface area contributed by atoms with Gasteiger partial charge in [0.15, 0.2) is 9.90 Å². The van der Waals surface area contributed by atoms with Gasteiger partial charge in [0, 0.05) is 20.7 Å². The summed E-state index contributed by atoms with van der Waals surface area (Å²) >= 11 is 0.784. The van der Waals surface area contributed by atoms with E-state index in [-0.39, 0.29) is 17.4 Å². The van der Waals surface area contributed by atoms with E-state index >= 15 is 0 Å². The number of sulfonamides is 1. The molecule has 96 valence electrons. The Labute approximate surface area is 103 Å². The van der Waals surface area contributed by atoms with E-state index in [9.17, 15) is 13.2 Å². The maximum atomic E-state index is 12.0. The van der Waals surface area contributed by atoms with E-state index in [0.717, 1.165) is 15.6 Å². The lowest BCUT2D eigenvalue weighted by Gasteiger charge is -2.15. The van der Waals surface area contributed by atoms with E-state index in [0.29, 0.717) is 0 Å². The Hall–Kier alpha value is -1.03. The van der Waals surface area contributed by atoms with Gasteiger partial charge in [0.25, 0.3) is 10.0 Å². The molecule has 0 amide bonds. The molecular formula is C8H12N2O5S2. The van der Waals surface area contributed by atoms with Crippen LogP contribution in [0.15, 0.2) is 9.72 Å². The maximum absolute atomic E-state index is 12.0. The predicted octanol–water partition coefficient (Wildman–Crippen LogP) is 0.108. The summed E-state index contributed by atoms with van der Waals surface area (Å²) in [5, 5.41) is 8.81. The van der Waals surface area contributed by atoms with Gasteiger partial charge in [0.1, 0.15) is 0 Å². The molecule has 1 aromatic rings. The molecule has 0 fully saturated rings. The number of aromatic carboxylic acids is 1. The summed E-state index contributed by atoms with van der Waals surface area (Å²) in [6.45, 7) is 0.382. The minimum absolute atomic E-state index is 0.149. The van der Waals surface area contributed by atoms with Crippen molar-refractivity contribution in [3.05, 3.63) is 11.2 Å². The first-order valence-electron chi connectivity index (χ1n) is 4.53. The Kier molecular flexibility index (Phi) is 4.57. The number of thiazole rings is 1. The van der Waals surface area contributed by atoms with Crippen LogP contribution in [0.4, 0.5) is 0 Å². The lowest BCUT2D eigenvalue weighted by Crippen LogP contribution is -2.30. The van der Waals surface area contributed by atoms with Crippen LogP contribution in [0.3, 0.4) is 0 Å². The highest BCUT2D eigenvalue weighted by Crippen LogP contribution is 2.23. The normalized spacial score (nSPS) is 11.9. The van der Waals surface area contributed by atoms with Crippen molar-refractivity contribution < 1.29 is 23.1 Å². The maximum Gasteiger partial charge on any atom is 0.356 e. The molecule has 1 heterocycles. The standard InChI is InChI=1S/C8H12N2O5S2/c1-10(3-4-15-2)17(13,14)8-6(7(11)12)9-5-16-8/h5H,3-4H2,1-2H3,(H,11,12). The second-order valence-corrected chi connectivity index (χ2v) is 6.21. The molecule has 0 aromatic carbocycles. The van der Waals surface area contributed by atoms with Crippen LogP contribution in [0.1, 0.15) is 10.5 Å². The molecule has 0 atom stereocenters. The zero-order chi connectivity index (χ0) is 13.1. The van der Waals surface area contributed by atoms with Crippen molar-refractivity contribution in [2.24, 2.45) is 0 Å². The van der Waals surface area contributed by atoms with Crippen LogP contribution in [0.5, 0.6) is 0 Å². The molecule has 0 aliphatic heterocycles. The number of ether oxygens (including phenoxy) is 1. The van der Waals surface area contributed by atoms with Gasteiger partial charge in [-0.05, 0) is 0 Å². The Morgan fingerprint density at radius 1 is 1.65 bits per heavy atom. The number of carboxylic acids is 1. The monoisotopic (exact) mass is 280 g/mol. The number of nitrogens with zero attached hydrogens (tertiary/aromatic N) is 2. The first kappa shape index (κ1) is 14.0. The molecule has 1 aromatic heterocycles. The van der Waals surface area contributed by atoms with Crippen molar-refractivity contribution in [1.29, 1.82) is 0 Å². The first-order valence-corrected chi connectivity index (χ1v) is 6.85. The number of carboxylic acid groups (broad SMARTS) is 1. The minimum Gasteiger partial charge on any atom is -0.476 e. The number of rotatable bonds is 6. The fourth-order valence-electron chi connectivity index (χ4n) is 1.04. The summed E-state index contributed by atoms with van der Waals surface area (Å²) in [6.07, 6.45) is 0. The number of hydrogen-bond acceptors (Lipinski definition) is 6. The van der Waals surface area contributed by atoms with Gasteiger partial charge < -0.3 is 9.84 Å². The molecule has 0 aliphatic rings. The van der Waals surface area contributed by atoms with Crippen LogP contribution in [0, 0.1) is 0 Å². The third-order valence-electron chi connectivity index (χ3n) is 1.99. The lowest BCUT2D eigenvalue weighted by molar-refractivity contribution is 0.0687. The second kappa shape index (κ2) is 5.54. The van der Waals surface area contributed by atoms with Crippen LogP contribution in [-0.4, -0.2) is 56.1 Å². The van der Waals surface area contributed by atoms with Crippen LogP contribution in [-0.2, 0) is 14.8 Å². The number of likely N-dealkylation sites (N-methyl/N-ethyl adjacent to an activating group) is 1.